The fraction of sp³-hybridized carbons (Fsp3) is 0.650. The van der Waals surface area contributed by atoms with Crippen LogP contribution in [0.5, 0.6) is 0 Å². The second-order valence-corrected chi connectivity index (χ2v) is 7.11. The minimum atomic E-state index is 0.454. The Morgan fingerprint density at radius 2 is 1.29 bits per heavy atom. The van der Waals surface area contributed by atoms with Crippen LogP contribution in [0.15, 0.2) is 24.3 Å². The van der Waals surface area contributed by atoms with Gasteiger partial charge in [-0.15, -0.1) is 0 Å². The maximum atomic E-state index is 11.4. The van der Waals surface area contributed by atoms with Crippen LogP contribution in [0.2, 0.25) is 0 Å². The molecule has 1 heteroatoms. The topological polar surface area (TPSA) is 17.1 Å². The number of hydrogen-bond acceptors (Lipinski definition) is 1. The number of carbonyl (C=O) groups is 1. The zero-order valence-corrected chi connectivity index (χ0v) is 13.3. The van der Waals surface area contributed by atoms with Gasteiger partial charge in [0.25, 0.3) is 0 Å². The molecule has 0 unspecified atom stereocenters. The monoisotopic (exact) mass is 284 g/mol. The first-order chi connectivity index (χ1) is 10.3. The molecule has 0 bridgehead atoms. The zero-order valence-electron chi connectivity index (χ0n) is 13.3. The van der Waals surface area contributed by atoms with E-state index in [0.717, 1.165) is 37.5 Å². The number of rotatable bonds is 3. The number of carbonyl (C=O) groups excluding carboxylic acids is 1. The van der Waals surface area contributed by atoms with Crippen LogP contribution < -0.4 is 0 Å². The molecular weight excluding hydrogens is 256 g/mol. The van der Waals surface area contributed by atoms with E-state index in [1.165, 1.54) is 37.7 Å². The summed E-state index contributed by atoms with van der Waals surface area (Å²) in [7, 11) is 0. The van der Waals surface area contributed by atoms with Crippen molar-refractivity contribution in [3.05, 3.63) is 35.4 Å². The van der Waals surface area contributed by atoms with Gasteiger partial charge in [0.15, 0.2) is 0 Å². The average molecular weight is 284 g/mol. The molecule has 3 rings (SSSR count). The zero-order chi connectivity index (χ0) is 14.7. The highest BCUT2D eigenvalue weighted by Crippen LogP contribution is 2.38. The van der Waals surface area contributed by atoms with Crippen molar-refractivity contribution in [2.45, 2.75) is 76.5 Å². The molecular formula is C20H28O. The molecule has 0 amide bonds. The Morgan fingerprint density at radius 1 is 0.810 bits per heavy atom. The first-order valence-electron chi connectivity index (χ1n) is 8.87. The predicted molar refractivity (Wildman–Crippen MR) is 87.6 cm³/mol. The van der Waals surface area contributed by atoms with Crippen LogP contribution in [0.1, 0.15) is 87.7 Å². The molecule has 0 radical (unpaired) electrons. The summed E-state index contributed by atoms with van der Waals surface area (Å²) in [5.41, 5.74) is 2.99. The molecule has 0 spiro atoms. The van der Waals surface area contributed by atoms with Crippen molar-refractivity contribution >= 4 is 5.78 Å². The summed E-state index contributed by atoms with van der Waals surface area (Å²) < 4.78 is 0. The maximum absolute atomic E-state index is 11.4. The van der Waals surface area contributed by atoms with E-state index in [4.69, 9.17) is 0 Å². The Morgan fingerprint density at radius 3 is 1.76 bits per heavy atom. The van der Waals surface area contributed by atoms with E-state index >= 15 is 0 Å². The fourth-order valence-corrected chi connectivity index (χ4v) is 4.22. The molecule has 0 N–H and O–H groups in total. The summed E-state index contributed by atoms with van der Waals surface area (Å²) in [6.45, 7) is 2.33. The van der Waals surface area contributed by atoms with E-state index in [1.54, 1.807) is 5.56 Å². The lowest BCUT2D eigenvalue weighted by Crippen LogP contribution is -2.14. The molecule has 21 heavy (non-hydrogen) atoms. The lowest BCUT2D eigenvalue weighted by molar-refractivity contribution is -0.120. The second kappa shape index (κ2) is 6.77. The van der Waals surface area contributed by atoms with Gasteiger partial charge in [0.1, 0.15) is 5.78 Å². The molecule has 2 aliphatic rings. The molecule has 1 aromatic carbocycles. The molecule has 0 aromatic heterocycles. The SMILES string of the molecule is CCC1CCC(c2ccc(C3CCC(=O)CC3)cc2)CC1. The highest BCUT2D eigenvalue weighted by Gasteiger charge is 2.23. The molecule has 2 saturated carbocycles. The van der Waals surface area contributed by atoms with Gasteiger partial charge in [-0.1, -0.05) is 37.6 Å². The van der Waals surface area contributed by atoms with Crippen LogP contribution in [0.3, 0.4) is 0 Å². The van der Waals surface area contributed by atoms with Gasteiger partial charge in [-0.3, -0.25) is 4.79 Å². The first kappa shape index (κ1) is 14.8. The third-order valence-corrected chi connectivity index (χ3v) is 5.85. The quantitative estimate of drug-likeness (QED) is 0.706. The lowest BCUT2D eigenvalue weighted by Gasteiger charge is -2.28. The summed E-state index contributed by atoms with van der Waals surface area (Å²) in [4.78, 5) is 11.4. The van der Waals surface area contributed by atoms with Crippen molar-refractivity contribution < 1.29 is 4.79 Å². The maximum Gasteiger partial charge on any atom is 0.132 e. The van der Waals surface area contributed by atoms with Gasteiger partial charge < -0.3 is 0 Å². The lowest BCUT2D eigenvalue weighted by atomic mass is 9.77. The van der Waals surface area contributed by atoms with Crippen LogP contribution >= 0.6 is 0 Å². The minimum Gasteiger partial charge on any atom is -0.300 e. The Hall–Kier alpha value is -1.11. The van der Waals surface area contributed by atoms with E-state index < -0.39 is 0 Å². The fourth-order valence-electron chi connectivity index (χ4n) is 4.22. The number of hydrogen-bond donors (Lipinski definition) is 0. The van der Waals surface area contributed by atoms with Gasteiger partial charge in [0.05, 0.1) is 0 Å². The van der Waals surface area contributed by atoms with Crippen molar-refractivity contribution in [1.29, 1.82) is 0 Å². The molecule has 0 atom stereocenters. The molecule has 1 aromatic rings. The Kier molecular flexibility index (Phi) is 4.77. The van der Waals surface area contributed by atoms with Gasteiger partial charge in [-0.2, -0.15) is 0 Å². The van der Waals surface area contributed by atoms with Crippen molar-refractivity contribution in [2.24, 2.45) is 5.92 Å². The molecule has 114 valence electrons. The Balaban J connectivity index is 1.60. The van der Waals surface area contributed by atoms with Crippen molar-refractivity contribution in [1.82, 2.24) is 0 Å². The van der Waals surface area contributed by atoms with Gasteiger partial charge >= 0.3 is 0 Å². The minimum absolute atomic E-state index is 0.454. The molecule has 0 saturated heterocycles. The first-order valence-corrected chi connectivity index (χ1v) is 8.87. The summed E-state index contributed by atoms with van der Waals surface area (Å²) in [5, 5.41) is 0. The van der Waals surface area contributed by atoms with Crippen LogP contribution in [-0.4, -0.2) is 5.78 Å². The second-order valence-electron chi connectivity index (χ2n) is 7.11. The van der Waals surface area contributed by atoms with Gasteiger partial charge in [0, 0.05) is 12.8 Å². The Bertz CT molecular complexity index is 455. The van der Waals surface area contributed by atoms with Crippen molar-refractivity contribution in [3.8, 4) is 0 Å². The number of benzene rings is 1. The smallest absolute Gasteiger partial charge is 0.132 e. The standard InChI is InChI=1S/C20H28O/c1-2-15-3-5-16(6-4-15)17-7-9-18(10-8-17)19-11-13-20(21)14-12-19/h7-10,15-16,19H,2-6,11-14H2,1H3. The molecule has 0 heterocycles. The number of ketones is 1. The average Bonchev–Trinajstić information content (AvgIpc) is 2.56. The summed E-state index contributed by atoms with van der Waals surface area (Å²) in [6, 6.07) is 9.40. The number of Topliss-reactive ketones (excluding diaryl/α,β-unsaturated/α-hetero) is 1. The molecule has 1 nitrogen and oxygen atoms in total. The molecule has 0 aliphatic heterocycles. The van der Waals surface area contributed by atoms with Crippen molar-refractivity contribution in [2.75, 3.05) is 0 Å². The normalized spacial score (nSPS) is 27.8. The van der Waals surface area contributed by atoms with E-state index in [0.29, 0.717) is 11.7 Å². The van der Waals surface area contributed by atoms with Gasteiger partial charge in [0.2, 0.25) is 0 Å². The Labute approximate surface area is 129 Å². The van der Waals surface area contributed by atoms with E-state index in [2.05, 4.69) is 31.2 Å². The summed E-state index contributed by atoms with van der Waals surface area (Å²) in [5.74, 6) is 2.83. The third kappa shape index (κ3) is 3.56. The van der Waals surface area contributed by atoms with Crippen LogP contribution in [0.4, 0.5) is 0 Å². The van der Waals surface area contributed by atoms with Crippen LogP contribution in [0, 0.1) is 5.92 Å². The van der Waals surface area contributed by atoms with E-state index in [-0.39, 0.29) is 0 Å². The third-order valence-electron chi connectivity index (χ3n) is 5.85. The van der Waals surface area contributed by atoms with Gasteiger partial charge in [-0.25, -0.2) is 0 Å². The predicted octanol–water partition coefficient (Wildman–Crippen LogP) is 5.60. The van der Waals surface area contributed by atoms with E-state index in [1.807, 2.05) is 0 Å². The van der Waals surface area contributed by atoms with E-state index in [9.17, 15) is 4.79 Å². The highest BCUT2D eigenvalue weighted by atomic mass is 16.1. The van der Waals surface area contributed by atoms with Gasteiger partial charge in [-0.05, 0) is 67.4 Å². The highest BCUT2D eigenvalue weighted by molar-refractivity contribution is 5.79. The van der Waals surface area contributed by atoms with Crippen LogP contribution in [-0.2, 0) is 4.79 Å². The molecule has 2 aliphatic carbocycles. The largest absolute Gasteiger partial charge is 0.300 e. The summed E-state index contributed by atoms with van der Waals surface area (Å²) in [6.07, 6.45) is 10.6. The summed E-state index contributed by atoms with van der Waals surface area (Å²) >= 11 is 0. The van der Waals surface area contributed by atoms with Crippen LogP contribution in [0.25, 0.3) is 0 Å². The van der Waals surface area contributed by atoms with Crippen molar-refractivity contribution in [3.63, 3.8) is 0 Å². The molecule has 2 fully saturated rings.